The number of likely N-dealkylation sites (N-methyl/N-ethyl adjacent to an activating group) is 1. The maximum Gasteiger partial charge on any atom is 0.130 e. The highest BCUT2D eigenvalue weighted by Crippen LogP contribution is 2.28. The molecule has 2 atom stereocenters. The van der Waals surface area contributed by atoms with Crippen LogP contribution in [0.4, 0.5) is 0 Å². The lowest BCUT2D eigenvalue weighted by atomic mass is 9.82. The molecular formula is C14H26ClN3O. The normalized spacial score (nSPS) is 15.6. The average molecular weight is 288 g/mol. The highest BCUT2D eigenvalue weighted by atomic mass is 35.5. The number of rotatable bonds is 5. The molecular weight excluding hydrogens is 262 g/mol. The fourth-order valence-corrected chi connectivity index (χ4v) is 2.86. The molecule has 0 aromatic carbocycles. The number of halogens is 1. The minimum Gasteiger partial charge on any atom is -0.379 e. The Bertz CT molecular complexity index is 423. The summed E-state index contributed by atoms with van der Waals surface area (Å²) in [6.45, 7) is 8.54. The van der Waals surface area contributed by atoms with Gasteiger partial charge < -0.3 is 10.1 Å². The zero-order valence-corrected chi connectivity index (χ0v) is 13.8. The van der Waals surface area contributed by atoms with Gasteiger partial charge in [-0.15, -0.1) is 0 Å². The Morgan fingerprint density at radius 3 is 2.32 bits per heavy atom. The summed E-state index contributed by atoms with van der Waals surface area (Å²) in [6.07, 6.45) is 0.915. The summed E-state index contributed by atoms with van der Waals surface area (Å²) in [5, 5.41) is 8.42. The van der Waals surface area contributed by atoms with Crippen molar-refractivity contribution in [2.24, 2.45) is 12.5 Å². The van der Waals surface area contributed by atoms with E-state index in [1.807, 2.05) is 21.0 Å². The number of nitrogens with zero attached hydrogens (tertiary/aromatic N) is 2. The van der Waals surface area contributed by atoms with Gasteiger partial charge in [0.15, 0.2) is 0 Å². The molecule has 0 aliphatic heterocycles. The molecule has 1 N–H and O–H groups in total. The van der Waals surface area contributed by atoms with Gasteiger partial charge in [-0.25, -0.2) is 0 Å². The van der Waals surface area contributed by atoms with Crippen LogP contribution >= 0.6 is 11.6 Å². The third-order valence-electron chi connectivity index (χ3n) is 3.54. The molecule has 110 valence electrons. The molecule has 0 saturated carbocycles. The van der Waals surface area contributed by atoms with Gasteiger partial charge in [-0.05, 0) is 25.8 Å². The predicted molar refractivity (Wildman–Crippen MR) is 79.8 cm³/mol. The third kappa shape index (κ3) is 3.71. The van der Waals surface area contributed by atoms with Crippen LogP contribution in [0.1, 0.15) is 32.0 Å². The molecule has 1 rings (SSSR count). The highest BCUT2D eigenvalue weighted by Gasteiger charge is 2.32. The van der Waals surface area contributed by atoms with Crippen molar-refractivity contribution in [2.45, 2.75) is 46.3 Å². The van der Waals surface area contributed by atoms with Gasteiger partial charge in [-0.1, -0.05) is 32.4 Å². The molecule has 2 unspecified atom stereocenters. The van der Waals surface area contributed by atoms with E-state index < -0.39 is 0 Å². The first-order valence-corrected chi connectivity index (χ1v) is 6.98. The molecule has 0 amide bonds. The smallest absolute Gasteiger partial charge is 0.130 e. The minimum atomic E-state index is 0.0605. The van der Waals surface area contributed by atoms with Gasteiger partial charge in [0.1, 0.15) is 5.15 Å². The quantitative estimate of drug-likeness (QED) is 0.905. The first-order valence-electron chi connectivity index (χ1n) is 6.60. The summed E-state index contributed by atoms with van der Waals surface area (Å²) in [6, 6.07) is 0.199. The first kappa shape index (κ1) is 16.5. The fourth-order valence-electron chi connectivity index (χ4n) is 2.61. The van der Waals surface area contributed by atoms with Crippen LogP contribution in [0.2, 0.25) is 5.15 Å². The molecule has 0 fully saturated rings. The van der Waals surface area contributed by atoms with Gasteiger partial charge in [0.2, 0.25) is 0 Å². The summed E-state index contributed by atoms with van der Waals surface area (Å²) in [7, 11) is 5.59. The van der Waals surface area contributed by atoms with E-state index in [0.29, 0.717) is 5.15 Å². The molecule has 1 aromatic rings. The van der Waals surface area contributed by atoms with Gasteiger partial charge >= 0.3 is 0 Å². The van der Waals surface area contributed by atoms with E-state index in [2.05, 4.69) is 31.2 Å². The molecule has 0 aliphatic carbocycles. The van der Waals surface area contributed by atoms with Crippen LogP contribution in [0.25, 0.3) is 0 Å². The van der Waals surface area contributed by atoms with Gasteiger partial charge in [-0.3, -0.25) is 4.68 Å². The van der Waals surface area contributed by atoms with Crippen molar-refractivity contribution in [3.8, 4) is 0 Å². The van der Waals surface area contributed by atoms with Crippen molar-refractivity contribution in [2.75, 3.05) is 14.2 Å². The number of ether oxygens (including phenoxy) is 1. The lowest BCUT2D eigenvalue weighted by molar-refractivity contribution is -0.00924. The number of methoxy groups -OCH3 is 1. The summed E-state index contributed by atoms with van der Waals surface area (Å²) in [4.78, 5) is 0. The van der Waals surface area contributed by atoms with Crippen LogP contribution in [-0.2, 0) is 18.2 Å². The Morgan fingerprint density at radius 1 is 1.42 bits per heavy atom. The van der Waals surface area contributed by atoms with Crippen LogP contribution in [0, 0.1) is 12.3 Å². The van der Waals surface area contributed by atoms with E-state index in [-0.39, 0.29) is 17.6 Å². The zero-order valence-electron chi connectivity index (χ0n) is 13.0. The van der Waals surface area contributed by atoms with Gasteiger partial charge in [0.25, 0.3) is 0 Å². The van der Waals surface area contributed by atoms with Gasteiger partial charge in [0.05, 0.1) is 11.8 Å². The Morgan fingerprint density at radius 2 is 2.00 bits per heavy atom. The van der Waals surface area contributed by atoms with Crippen LogP contribution in [-0.4, -0.2) is 36.1 Å². The standard InChI is InChI=1S/C14H26ClN3O/c1-9-10(13(15)18(6)17-9)8-11(16-5)12(19-7)14(2,3)4/h11-12,16H,8H2,1-7H3. The highest BCUT2D eigenvalue weighted by molar-refractivity contribution is 6.30. The van der Waals surface area contributed by atoms with Gasteiger partial charge in [0, 0.05) is 25.8 Å². The van der Waals surface area contributed by atoms with E-state index in [1.54, 1.807) is 11.8 Å². The maximum atomic E-state index is 6.31. The van der Waals surface area contributed by atoms with Crippen LogP contribution < -0.4 is 5.32 Å². The van der Waals surface area contributed by atoms with Crippen molar-refractivity contribution in [1.29, 1.82) is 0 Å². The maximum absolute atomic E-state index is 6.31. The molecule has 0 radical (unpaired) electrons. The Balaban J connectivity index is 2.99. The first-order chi connectivity index (χ1) is 8.72. The van der Waals surface area contributed by atoms with Crippen molar-refractivity contribution in [1.82, 2.24) is 15.1 Å². The van der Waals surface area contributed by atoms with E-state index in [9.17, 15) is 0 Å². The topological polar surface area (TPSA) is 39.1 Å². The van der Waals surface area contributed by atoms with Gasteiger partial charge in [-0.2, -0.15) is 5.10 Å². The molecule has 1 aromatic heterocycles. The Labute approximate surface area is 121 Å². The fraction of sp³-hybridized carbons (Fsp3) is 0.786. The number of aromatic nitrogens is 2. The molecule has 5 heteroatoms. The molecule has 0 saturated heterocycles. The second-order valence-corrected chi connectivity index (χ2v) is 6.46. The molecule has 0 bridgehead atoms. The molecule has 1 heterocycles. The second-order valence-electron chi connectivity index (χ2n) is 6.10. The van der Waals surface area contributed by atoms with E-state index in [0.717, 1.165) is 17.7 Å². The molecule has 4 nitrogen and oxygen atoms in total. The number of nitrogens with one attached hydrogen (secondary N) is 1. The Kier molecular flexibility index (Phi) is 5.42. The second kappa shape index (κ2) is 6.25. The summed E-state index contributed by atoms with van der Waals surface area (Å²) in [5.41, 5.74) is 2.14. The lowest BCUT2D eigenvalue weighted by Gasteiger charge is -2.36. The lowest BCUT2D eigenvalue weighted by Crippen LogP contribution is -2.47. The zero-order chi connectivity index (χ0) is 14.8. The van der Waals surface area contributed by atoms with Crippen molar-refractivity contribution in [3.63, 3.8) is 0 Å². The van der Waals surface area contributed by atoms with Crippen molar-refractivity contribution in [3.05, 3.63) is 16.4 Å². The number of hydrogen-bond acceptors (Lipinski definition) is 3. The van der Waals surface area contributed by atoms with Crippen LogP contribution in [0.15, 0.2) is 0 Å². The van der Waals surface area contributed by atoms with Crippen molar-refractivity contribution < 1.29 is 4.74 Å². The third-order valence-corrected chi connectivity index (χ3v) is 4.01. The van der Waals surface area contributed by atoms with Crippen molar-refractivity contribution >= 4 is 11.6 Å². The molecule has 0 aliphatic rings. The minimum absolute atomic E-state index is 0.0605. The number of aryl methyl sites for hydroxylation is 2. The number of hydrogen-bond donors (Lipinski definition) is 1. The summed E-state index contributed by atoms with van der Waals surface area (Å²) >= 11 is 6.31. The van der Waals surface area contributed by atoms with E-state index in [1.165, 1.54) is 0 Å². The average Bonchev–Trinajstić information content (AvgIpc) is 2.53. The van der Waals surface area contributed by atoms with E-state index in [4.69, 9.17) is 16.3 Å². The summed E-state index contributed by atoms with van der Waals surface area (Å²) < 4.78 is 7.41. The predicted octanol–water partition coefficient (Wildman–Crippen LogP) is 2.57. The van der Waals surface area contributed by atoms with E-state index >= 15 is 0 Å². The van der Waals surface area contributed by atoms with Crippen LogP contribution in [0.3, 0.4) is 0 Å². The molecule has 19 heavy (non-hydrogen) atoms. The van der Waals surface area contributed by atoms with Crippen LogP contribution in [0.5, 0.6) is 0 Å². The SMILES string of the molecule is CNC(Cc1c(C)nn(C)c1Cl)C(OC)C(C)(C)C. The Hall–Kier alpha value is -0.580. The molecule has 0 spiro atoms. The monoisotopic (exact) mass is 287 g/mol. The summed E-state index contributed by atoms with van der Waals surface area (Å²) in [5.74, 6) is 0. The largest absolute Gasteiger partial charge is 0.379 e.